The lowest BCUT2D eigenvalue weighted by Crippen LogP contribution is -2.14. The van der Waals surface area contributed by atoms with Crippen molar-refractivity contribution >= 4 is 10.9 Å². The van der Waals surface area contributed by atoms with Gasteiger partial charge in [0.25, 0.3) is 0 Å². The largest absolute Gasteiger partial charge is 0.416 e. The van der Waals surface area contributed by atoms with E-state index in [-0.39, 0.29) is 16.5 Å². The van der Waals surface area contributed by atoms with Crippen LogP contribution in [0, 0.1) is 0 Å². The molecule has 0 amide bonds. The summed E-state index contributed by atoms with van der Waals surface area (Å²) in [5.74, 6) is 0. The Morgan fingerprint density at radius 3 is 2.56 bits per heavy atom. The zero-order chi connectivity index (χ0) is 13.5. The Kier molecular flexibility index (Phi) is 2.90. The first-order valence-corrected chi connectivity index (χ1v) is 5.15. The first-order chi connectivity index (χ1) is 8.34. The van der Waals surface area contributed by atoms with Gasteiger partial charge in [-0.05, 0) is 18.2 Å². The number of hydrogen-bond acceptors (Lipinski definition) is 2. The number of benzene rings is 1. The predicted molar refractivity (Wildman–Crippen MR) is 60.1 cm³/mol. The van der Waals surface area contributed by atoms with E-state index in [1.165, 1.54) is 17.8 Å². The minimum Gasteiger partial charge on any atom is -0.391 e. The van der Waals surface area contributed by atoms with Gasteiger partial charge in [-0.1, -0.05) is 0 Å². The topological polar surface area (TPSA) is 42.2 Å². The van der Waals surface area contributed by atoms with Gasteiger partial charge in [0.1, 0.15) is 0 Å². The molecule has 1 N–H and O–H groups in total. The second-order valence-electron chi connectivity index (χ2n) is 3.98. The summed E-state index contributed by atoms with van der Waals surface area (Å²) in [5.41, 5.74) is -0.905. The Hall–Kier alpha value is -1.82. The molecular formula is C12H10F3NO2. The second-order valence-corrected chi connectivity index (χ2v) is 3.98. The zero-order valence-corrected chi connectivity index (χ0v) is 9.45. The molecule has 0 atom stereocenters. The number of alkyl halides is 3. The number of nitrogens with zero attached hydrogens (tertiary/aromatic N) is 1. The van der Waals surface area contributed by atoms with Crippen molar-refractivity contribution in [1.29, 1.82) is 0 Å². The van der Waals surface area contributed by atoms with E-state index in [9.17, 15) is 18.0 Å². The highest BCUT2D eigenvalue weighted by Crippen LogP contribution is 2.30. The predicted octanol–water partition coefficient (Wildman–Crippen LogP) is 2.05. The van der Waals surface area contributed by atoms with Gasteiger partial charge in [0.05, 0.1) is 17.7 Å². The van der Waals surface area contributed by atoms with Gasteiger partial charge in [-0.2, -0.15) is 13.2 Å². The number of aryl methyl sites for hydroxylation is 1. The Balaban J connectivity index is 2.81. The highest BCUT2D eigenvalue weighted by atomic mass is 19.4. The molecule has 0 saturated heterocycles. The number of pyridine rings is 1. The van der Waals surface area contributed by atoms with Crippen LogP contribution in [0.5, 0.6) is 0 Å². The van der Waals surface area contributed by atoms with E-state index in [1.807, 2.05) is 0 Å². The molecule has 1 heterocycles. The van der Waals surface area contributed by atoms with Crippen molar-refractivity contribution in [2.24, 2.45) is 7.05 Å². The summed E-state index contributed by atoms with van der Waals surface area (Å²) in [6.07, 6.45) is -3.11. The SMILES string of the molecule is Cn1cc(CO)c(=O)c2ccc(C(F)(F)F)cc21. The molecule has 2 rings (SSSR count). The van der Waals surface area contributed by atoms with Crippen LogP contribution in [-0.4, -0.2) is 9.67 Å². The average molecular weight is 257 g/mol. The fourth-order valence-corrected chi connectivity index (χ4v) is 1.84. The van der Waals surface area contributed by atoms with Crippen LogP contribution in [0.15, 0.2) is 29.2 Å². The minimum absolute atomic E-state index is 0.157. The molecular weight excluding hydrogens is 247 g/mol. The van der Waals surface area contributed by atoms with E-state index in [0.29, 0.717) is 0 Å². The maximum Gasteiger partial charge on any atom is 0.416 e. The molecule has 0 radical (unpaired) electrons. The number of aromatic nitrogens is 1. The summed E-state index contributed by atoms with van der Waals surface area (Å²) in [5, 5.41) is 9.16. The molecule has 18 heavy (non-hydrogen) atoms. The summed E-state index contributed by atoms with van der Waals surface area (Å²) in [6.45, 7) is -0.441. The van der Waals surface area contributed by atoms with Crippen molar-refractivity contribution in [2.75, 3.05) is 0 Å². The molecule has 6 heteroatoms. The van der Waals surface area contributed by atoms with Crippen LogP contribution in [-0.2, 0) is 19.8 Å². The average Bonchev–Trinajstić information content (AvgIpc) is 2.32. The first-order valence-electron chi connectivity index (χ1n) is 5.15. The number of aliphatic hydroxyl groups is 1. The van der Waals surface area contributed by atoms with Gasteiger partial charge in [0, 0.05) is 24.2 Å². The minimum atomic E-state index is -4.44. The standard InChI is InChI=1S/C12H10F3NO2/c1-16-5-7(6-17)11(18)9-3-2-8(4-10(9)16)12(13,14)15/h2-5,17H,6H2,1H3. The molecule has 3 nitrogen and oxygen atoms in total. The molecule has 0 aliphatic rings. The van der Waals surface area contributed by atoms with Crippen LogP contribution >= 0.6 is 0 Å². The second kappa shape index (κ2) is 4.13. The fourth-order valence-electron chi connectivity index (χ4n) is 1.84. The van der Waals surface area contributed by atoms with E-state index in [4.69, 9.17) is 5.11 Å². The highest BCUT2D eigenvalue weighted by Gasteiger charge is 2.30. The van der Waals surface area contributed by atoms with Crippen molar-refractivity contribution in [3.63, 3.8) is 0 Å². The van der Waals surface area contributed by atoms with Gasteiger partial charge in [0.2, 0.25) is 0 Å². The third-order valence-corrected chi connectivity index (χ3v) is 2.76. The molecule has 0 saturated carbocycles. The summed E-state index contributed by atoms with van der Waals surface area (Å²) in [7, 11) is 1.53. The van der Waals surface area contributed by atoms with Crippen LogP contribution in [0.1, 0.15) is 11.1 Å². The molecule has 0 fully saturated rings. The first kappa shape index (κ1) is 12.6. The third kappa shape index (κ3) is 1.99. The lowest BCUT2D eigenvalue weighted by molar-refractivity contribution is -0.137. The zero-order valence-electron chi connectivity index (χ0n) is 9.45. The van der Waals surface area contributed by atoms with Crippen LogP contribution in [0.4, 0.5) is 13.2 Å². The quantitative estimate of drug-likeness (QED) is 0.849. The van der Waals surface area contributed by atoms with Crippen molar-refractivity contribution in [3.05, 3.63) is 45.7 Å². The lowest BCUT2D eigenvalue weighted by Gasteiger charge is -2.11. The van der Waals surface area contributed by atoms with Crippen molar-refractivity contribution < 1.29 is 18.3 Å². The number of hydrogen-bond donors (Lipinski definition) is 1. The molecule has 0 unspecified atom stereocenters. The van der Waals surface area contributed by atoms with Gasteiger partial charge >= 0.3 is 6.18 Å². The molecule has 0 spiro atoms. The number of fused-ring (bicyclic) bond motifs is 1. The molecule has 0 aliphatic heterocycles. The number of halogens is 3. The number of rotatable bonds is 1. The maximum atomic E-state index is 12.6. The molecule has 0 aliphatic carbocycles. The van der Waals surface area contributed by atoms with Crippen LogP contribution in [0.3, 0.4) is 0 Å². The van der Waals surface area contributed by atoms with E-state index in [2.05, 4.69) is 0 Å². The van der Waals surface area contributed by atoms with Gasteiger partial charge in [-0.25, -0.2) is 0 Å². The van der Waals surface area contributed by atoms with Crippen molar-refractivity contribution in [3.8, 4) is 0 Å². The van der Waals surface area contributed by atoms with E-state index < -0.39 is 23.8 Å². The molecule has 2 aromatic rings. The van der Waals surface area contributed by atoms with Gasteiger partial charge in [-0.15, -0.1) is 0 Å². The number of aliphatic hydroxyl groups excluding tert-OH is 1. The maximum absolute atomic E-state index is 12.6. The Bertz CT molecular complexity index is 659. The lowest BCUT2D eigenvalue weighted by atomic mass is 10.1. The third-order valence-electron chi connectivity index (χ3n) is 2.76. The van der Waals surface area contributed by atoms with Crippen molar-refractivity contribution in [2.45, 2.75) is 12.8 Å². The molecule has 0 bridgehead atoms. The molecule has 96 valence electrons. The van der Waals surface area contributed by atoms with Crippen LogP contribution in [0.25, 0.3) is 10.9 Å². The van der Waals surface area contributed by atoms with Crippen LogP contribution < -0.4 is 5.43 Å². The van der Waals surface area contributed by atoms with Gasteiger partial charge < -0.3 is 9.67 Å². The fraction of sp³-hybridized carbons (Fsp3) is 0.250. The highest BCUT2D eigenvalue weighted by molar-refractivity contribution is 5.80. The molecule has 1 aromatic heterocycles. The van der Waals surface area contributed by atoms with E-state index in [0.717, 1.165) is 18.2 Å². The smallest absolute Gasteiger partial charge is 0.391 e. The normalized spacial score (nSPS) is 12.1. The van der Waals surface area contributed by atoms with Gasteiger partial charge in [-0.3, -0.25) is 4.79 Å². The Labute approximate surface area is 100 Å². The molecule has 1 aromatic carbocycles. The summed E-state index contributed by atoms with van der Waals surface area (Å²) < 4.78 is 39.1. The summed E-state index contributed by atoms with van der Waals surface area (Å²) in [4.78, 5) is 11.8. The van der Waals surface area contributed by atoms with Crippen molar-refractivity contribution in [1.82, 2.24) is 4.57 Å². The Morgan fingerprint density at radius 1 is 1.33 bits per heavy atom. The monoisotopic (exact) mass is 257 g/mol. The van der Waals surface area contributed by atoms with E-state index >= 15 is 0 Å². The summed E-state index contributed by atoms with van der Waals surface area (Å²) >= 11 is 0. The van der Waals surface area contributed by atoms with Gasteiger partial charge in [0.15, 0.2) is 5.43 Å². The summed E-state index contributed by atoms with van der Waals surface area (Å²) in [6, 6.07) is 2.93. The Morgan fingerprint density at radius 2 is 2.00 bits per heavy atom. The van der Waals surface area contributed by atoms with E-state index in [1.54, 1.807) is 0 Å². The van der Waals surface area contributed by atoms with Crippen LogP contribution in [0.2, 0.25) is 0 Å².